The van der Waals surface area contributed by atoms with E-state index in [1.165, 1.54) is 10.9 Å². The second-order valence-corrected chi connectivity index (χ2v) is 7.54. The number of nitrogens with two attached hydrogens (primary N) is 1. The van der Waals surface area contributed by atoms with Gasteiger partial charge in [0, 0.05) is 12.0 Å². The molecule has 0 unspecified atom stereocenters. The Balaban J connectivity index is 1.78. The Kier molecular flexibility index (Phi) is 5.81. The number of aryl methyl sites for hydroxylation is 1. The first kappa shape index (κ1) is 21.0. The van der Waals surface area contributed by atoms with E-state index in [0.29, 0.717) is 29.7 Å². The van der Waals surface area contributed by atoms with Gasteiger partial charge in [-0.3, -0.25) is 14.2 Å². The molecule has 160 valence electrons. The number of nitrogens with zero attached hydrogens (tertiary/aromatic N) is 5. The molecule has 0 fully saturated rings. The summed E-state index contributed by atoms with van der Waals surface area (Å²) in [6.45, 7) is 1.77. The summed E-state index contributed by atoms with van der Waals surface area (Å²) >= 11 is 0. The Morgan fingerprint density at radius 2 is 1.91 bits per heavy atom. The van der Waals surface area contributed by atoms with E-state index in [-0.39, 0.29) is 12.1 Å². The fourth-order valence-electron chi connectivity index (χ4n) is 3.92. The highest BCUT2D eigenvalue weighted by molar-refractivity contribution is 5.74. The van der Waals surface area contributed by atoms with E-state index in [1.807, 2.05) is 49.4 Å². The van der Waals surface area contributed by atoms with Gasteiger partial charge in [0.2, 0.25) is 11.7 Å². The highest BCUT2D eigenvalue weighted by atomic mass is 16.2. The summed E-state index contributed by atoms with van der Waals surface area (Å²) in [5, 5.41) is 13.6. The van der Waals surface area contributed by atoms with Gasteiger partial charge in [-0.2, -0.15) is 15.3 Å². The summed E-state index contributed by atoms with van der Waals surface area (Å²) in [6.07, 6.45) is 3.22. The average molecular weight is 426 g/mol. The van der Waals surface area contributed by atoms with Crippen LogP contribution in [-0.4, -0.2) is 25.1 Å². The number of hydrogen-bond acceptors (Lipinski definition) is 5. The molecule has 0 bridgehead atoms. The lowest BCUT2D eigenvalue weighted by atomic mass is 9.97. The minimum Gasteiger partial charge on any atom is -0.368 e. The van der Waals surface area contributed by atoms with Gasteiger partial charge in [0.25, 0.3) is 5.56 Å². The molecule has 1 amide bonds. The van der Waals surface area contributed by atoms with Crippen molar-refractivity contribution in [1.29, 1.82) is 5.26 Å². The minimum atomic E-state index is -0.619. The van der Waals surface area contributed by atoms with E-state index >= 15 is 0 Å². The quantitative estimate of drug-likeness (QED) is 0.487. The third-order valence-corrected chi connectivity index (χ3v) is 5.37. The van der Waals surface area contributed by atoms with Gasteiger partial charge in [0.15, 0.2) is 0 Å². The summed E-state index contributed by atoms with van der Waals surface area (Å²) in [7, 11) is 0. The third-order valence-electron chi connectivity index (χ3n) is 5.37. The molecule has 0 saturated carbocycles. The molecule has 32 heavy (non-hydrogen) atoms. The lowest BCUT2D eigenvalue weighted by Crippen LogP contribution is -2.33. The van der Waals surface area contributed by atoms with Gasteiger partial charge in [-0.05, 0) is 29.2 Å². The normalized spacial score (nSPS) is 10.9. The zero-order chi connectivity index (χ0) is 22.7. The lowest BCUT2D eigenvalue weighted by molar-refractivity contribution is -0.118. The van der Waals surface area contributed by atoms with Crippen LogP contribution in [0.2, 0.25) is 0 Å². The van der Waals surface area contributed by atoms with Gasteiger partial charge in [0.1, 0.15) is 12.9 Å². The molecule has 0 spiro atoms. The molecule has 0 aliphatic rings. The van der Waals surface area contributed by atoms with Gasteiger partial charge in [0.05, 0.1) is 17.3 Å². The molecule has 4 rings (SSSR count). The number of benzene rings is 2. The van der Waals surface area contributed by atoms with E-state index in [2.05, 4.69) is 16.2 Å². The molecular weight excluding hydrogens is 404 g/mol. The molecule has 2 aromatic carbocycles. The summed E-state index contributed by atoms with van der Waals surface area (Å²) in [5.74, 6) is -0.309. The van der Waals surface area contributed by atoms with Gasteiger partial charge in [-0.15, -0.1) is 0 Å². The zero-order valence-electron chi connectivity index (χ0n) is 17.7. The molecule has 2 N–H and O–H groups in total. The smallest absolute Gasteiger partial charge is 0.259 e. The number of primary amides is 1. The summed E-state index contributed by atoms with van der Waals surface area (Å²) < 4.78 is 2.90. The zero-order valence-corrected chi connectivity index (χ0v) is 17.7. The Labute approximate surface area is 184 Å². The number of fused-ring (bicyclic) bond motifs is 1. The van der Waals surface area contributed by atoms with Crippen LogP contribution in [0, 0.1) is 11.3 Å². The highest BCUT2D eigenvalue weighted by Gasteiger charge is 2.19. The van der Waals surface area contributed by atoms with Crippen LogP contribution >= 0.6 is 0 Å². The molecule has 8 heteroatoms. The third kappa shape index (κ3) is 3.88. The Hall–Kier alpha value is -4.25. The van der Waals surface area contributed by atoms with Crippen molar-refractivity contribution in [2.45, 2.75) is 32.7 Å². The maximum Gasteiger partial charge on any atom is 0.259 e. The van der Waals surface area contributed by atoms with Crippen LogP contribution in [0.1, 0.15) is 35.7 Å². The predicted octanol–water partition coefficient (Wildman–Crippen LogP) is 2.46. The number of rotatable bonds is 7. The number of carbonyl (C=O) groups excluding carboxylic acids is 1. The molecule has 0 radical (unpaired) electrons. The van der Waals surface area contributed by atoms with Crippen molar-refractivity contribution < 1.29 is 4.79 Å². The average Bonchev–Trinajstić information content (AvgIpc) is 3.29. The van der Waals surface area contributed by atoms with Crippen LogP contribution in [0.4, 0.5) is 0 Å². The molecule has 4 aromatic rings. The summed E-state index contributed by atoms with van der Waals surface area (Å²) in [5.41, 5.74) is 9.76. The number of hydrogen-bond donors (Lipinski definition) is 1. The standard InChI is InChI=1S/C24H22N6O2/c1-2-5-21-20(23(32)29(14-22(26)31)24-27-15-28-30(21)24)12-16-8-10-17(11-9-16)19-7-4-3-6-18(19)13-25/h3-4,6-11,15H,2,5,12,14H2,1H3,(H2,26,31). The monoisotopic (exact) mass is 426 g/mol. The minimum absolute atomic E-state index is 0.260. The van der Waals surface area contributed by atoms with Crippen molar-refractivity contribution in [3.63, 3.8) is 0 Å². The van der Waals surface area contributed by atoms with Crippen molar-refractivity contribution in [2.75, 3.05) is 0 Å². The van der Waals surface area contributed by atoms with Crippen molar-refractivity contribution in [1.82, 2.24) is 19.2 Å². The number of amides is 1. The van der Waals surface area contributed by atoms with E-state index in [9.17, 15) is 14.9 Å². The van der Waals surface area contributed by atoms with Gasteiger partial charge >= 0.3 is 0 Å². The number of aromatic nitrogens is 4. The van der Waals surface area contributed by atoms with Crippen LogP contribution < -0.4 is 11.3 Å². The SMILES string of the molecule is CCCc1c(Cc2ccc(-c3ccccc3C#N)cc2)c(=O)n(CC(N)=O)c2ncnn12. The highest BCUT2D eigenvalue weighted by Crippen LogP contribution is 2.24. The van der Waals surface area contributed by atoms with Crippen molar-refractivity contribution in [2.24, 2.45) is 5.73 Å². The van der Waals surface area contributed by atoms with Crippen molar-refractivity contribution >= 4 is 11.7 Å². The molecule has 2 heterocycles. The van der Waals surface area contributed by atoms with E-state index in [0.717, 1.165) is 28.8 Å². The van der Waals surface area contributed by atoms with Gasteiger partial charge in [-0.1, -0.05) is 55.8 Å². The topological polar surface area (TPSA) is 119 Å². The van der Waals surface area contributed by atoms with Crippen LogP contribution in [0.25, 0.3) is 16.9 Å². The fourth-order valence-corrected chi connectivity index (χ4v) is 3.92. The molecule has 8 nitrogen and oxygen atoms in total. The van der Waals surface area contributed by atoms with Crippen LogP contribution in [0.15, 0.2) is 59.7 Å². The first-order valence-corrected chi connectivity index (χ1v) is 10.3. The van der Waals surface area contributed by atoms with Crippen molar-refractivity contribution in [3.05, 3.63) is 87.6 Å². The van der Waals surface area contributed by atoms with Gasteiger partial charge < -0.3 is 5.73 Å². The Bertz CT molecular complexity index is 1390. The molecule has 0 aliphatic heterocycles. The lowest BCUT2D eigenvalue weighted by Gasteiger charge is -2.14. The molecule has 0 aliphatic carbocycles. The second kappa shape index (κ2) is 8.86. The van der Waals surface area contributed by atoms with Crippen LogP contribution in [0.3, 0.4) is 0 Å². The second-order valence-electron chi connectivity index (χ2n) is 7.54. The maximum absolute atomic E-state index is 13.3. The number of carbonyl (C=O) groups is 1. The fraction of sp³-hybridized carbons (Fsp3) is 0.208. The predicted molar refractivity (Wildman–Crippen MR) is 120 cm³/mol. The first-order chi connectivity index (χ1) is 15.5. The summed E-state index contributed by atoms with van der Waals surface area (Å²) in [6, 6.07) is 17.4. The van der Waals surface area contributed by atoms with Crippen LogP contribution in [-0.2, 0) is 24.2 Å². The van der Waals surface area contributed by atoms with E-state index in [1.54, 1.807) is 10.6 Å². The first-order valence-electron chi connectivity index (χ1n) is 10.3. The molecule has 0 saturated heterocycles. The number of nitriles is 1. The molecule has 0 atom stereocenters. The van der Waals surface area contributed by atoms with Crippen LogP contribution in [0.5, 0.6) is 0 Å². The Morgan fingerprint density at radius 3 is 2.59 bits per heavy atom. The van der Waals surface area contributed by atoms with E-state index < -0.39 is 5.91 Å². The summed E-state index contributed by atoms with van der Waals surface area (Å²) in [4.78, 5) is 29.1. The largest absolute Gasteiger partial charge is 0.368 e. The molecule has 2 aromatic heterocycles. The van der Waals surface area contributed by atoms with Crippen molar-refractivity contribution in [3.8, 4) is 17.2 Å². The van der Waals surface area contributed by atoms with Gasteiger partial charge in [-0.25, -0.2) is 4.52 Å². The Morgan fingerprint density at radius 1 is 1.16 bits per heavy atom. The van der Waals surface area contributed by atoms with E-state index in [4.69, 9.17) is 5.73 Å². The molecular formula is C24H22N6O2. The maximum atomic E-state index is 13.3.